The Kier molecular flexibility index (Phi) is 10.1. The topological polar surface area (TPSA) is 64.8 Å². The molecule has 2 atom stereocenters. The molecule has 0 amide bonds. The minimum Gasteiger partial charge on any atom is -0.490 e. The maximum atomic E-state index is 11.9. The maximum Gasteiger partial charge on any atom is 0.156 e. The standard InChI is InChI=1S/C27H28Cl2N2O3.ClH/c28-23-7-3-8-24(29)26(23)34-16-15-33-22-12-10-19(11-13-22)17-21(18-32)27(30)31-14-4-6-20-5-1-2-9-25(20)31;/h1-3,5,7-13,18,21,27H,4,6,14-17,30H2;1H. The number of nitrogens with zero attached hydrogens (tertiary/aromatic N) is 1. The van der Waals surface area contributed by atoms with E-state index in [0.29, 0.717) is 35.4 Å². The highest BCUT2D eigenvalue weighted by Gasteiger charge is 2.27. The first kappa shape index (κ1) is 27.2. The van der Waals surface area contributed by atoms with Gasteiger partial charge >= 0.3 is 0 Å². The first-order chi connectivity index (χ1) is 16.6. The van der Waals surface area contributed by atoms with E-state index in [2.05, 4.69) is 17.0 Å². The highest BCUT2D eigenvalue weighted by atomic mass is 35.5. The summed E-state index contributed by atoms with van der Waals surface area (Å²) in [6.07, 6.45) is 3.25. The fraction of sp³-hybridized carbons (Fsp3) is 0.296. The number of halogens is 3. The number of aldehydes is 1. The summed E-state index contributed by atoms with van der Waals surface area (Å²) in [5, 5.41) is 0.931. The average molecular weight is 536 g/mol. The Morgan fingerprint density at radius 2 is 1.63 bits per heavy atom. The van der Waals surface area contributed by atoms with Gasteiger partial charge in [0, 0.05) is 12.2 Å². The van der Waals surface area contributed by atoms with Crippen LogP contribution in [-0.4, -0.2) is 32.2 Å². The van der Waals surface area contributed by atoms with E-state index >= 15 is 0 Å². The van der Waals surface area contributed by atoms with Crippen molar-refractivity contribution < 1.29 is 14.3 Å². The van der Waals surface area contributed by atoms with Gasteiger partial charge in [0.25, 0.3) is 0 Å². The molecule has 0 aliphatic carbocycles. The van der Waals surface area contributed by atoms with Gasteiger partial charge in [-0.1, -0.05) is 59.6 Å². The summed E-state index contributed by atoms with van der Waals surface area (Å²) >= 11 is 12.2. The first-order valence-electron chi connectivity index (χ1n) is 11.4. The molecule has 4 rings (SSSR count). The van der Waals surface area contributed by atoms with Gasteiger partial charge in [-0.15, -0.1) is 12.4 Å². The van der Waals surface area contributed by atoms with Crippen LogP contribution in [0.2, 0.25) is 10.0 Å². The van der Waals surface area contributed by atoms with Crippen molar-refractivity contribution in [3.05, 3.63) is 87.9 Å². The number of benzene rings is 3. The Balaban J connectivity index is 0.00000342. The molecule has 5 nitrogen and oxygen atoms in total. The number of carbonyl (C=O) groups is 1. The van der Waals surface area contributed by atoms with Crippen molar-refractivity contribution in [3.63, 3.8) is 0 Å². The zero-order valence-electron chi connectivity index (χ0n) is 19.2. The quantitative estimate of drug-likeness (QED) is 0.256. The number of ether oxygens (including phenoxy) is 2. The van der Waals surface area contributed by atoms with Crippen molar-refractivity contribution in [3.8, 4) is 11.5 Å². The fourth-order valence-electron chi connectivity index (χ4n) is 4.27. The van der Waals surface area contributed by atoms with Gasteiger partial charge < -0.3 is 24.9 Å². The molecule has 3 aromatic carbocycles. The summed E-state index contributed by atoms with van der Waals surface area (Å²) in [5.74, 6) is 0.860. The summed E-state index contributed by atoms with van der Waals surface area (Å²) in [6.45, 7) is 1.51. The zero-order chi connectivity index (χ0) is 23.9. The Hall–Kier alpha value is -2.44. The zero-order valence-corrected chi connectivity index (χ0v) is 21.6. The summed E-state index contributed by atoms with van der Waals surface area (Å²) in [6, 6.07) is 21.2. The number of anilines is 1. The van der Waals surface area contributed by atoms with Crippen LogP contribution in [0.1, 0.15) is 17.5 Å². The van der Waals surface area contributed by atoms with Crippen LogP contribution < -0.4 is 20.1 Å². The summed E-state index contributed by atoms with van der Waals surface area (Å²) in [7, 11) is 0. The third kappa shape index (κ3) is 6.83. The van der Waals surface area contributed by atoms with E-state index in [1.165, 1.54) is 5.56 Å². The van der Waals surface area contributed by atoms with Crippen molar-refractivity contribution in [2.24, 2.45) is 11.7 Å². The summed E-state index contributed by atoms with van der Waals surface area (Å²) < 4.78 is 11.4. The third-order valence-corrected chi connectivity index (χ3v) is 6.63. The van der Waals surface area contributed by atoms with Crippen molar-refractivity contribution in [1.82, 2.24) is 0 Å². The molecule has 0 bridgehead atoms. The normalized spacial score (nSPS) is 14.3. The van der Waals surface area contributed by atoms with Gasteiger partial charge in [-0.05, 0) is 60.7 Å². The van der Waals surface area contributed by atoms with E-state index in [1.807, 2.05) is 36.4 Å². The number of para-hydroxylation sites is 2. The average Bonchev–Trinajstić information content (AvgIpc) is 2.86. The number of hydrogen-bond acceptors (Lipinski definition) is 5. The number of aryl methyl sites for hydroxylation is 1. The minimum atomic E-state index is -0.372. The van der Waals surface area contributed by atoms with Crippen LogP contribution in [0, 0.1) is 5.92 Å². The highest BCUT2D eigenvalue weighted by Crippen LogP contribution is 2.32. The molecule has 1 aliphatic heterocycles. The van der Waals surface area contributed by atoms with Crippen LogP contribution in [-0.2, 0) is 17.6 Å². The van der Waals surface area contributed by atoms with Crippen molar-refractivity contribution in [2.75, 3.05) is 24.7 Å². The first-order valence-corrected chi connectivity index (χ1v) is 12.2. The maximum absolute atomic E-state index is 11.9. The SMILES string of the molecule is Cl.NC(C(C=O)Cc1ccc(OCCOc2c(Cl)cccc2Cl)cc1)N1CCCc2ccccc21. The van der Waals surface area contributed by atoms with Crippen molar-refractivity contribution in [2.45, 2.75) is 25.4 Å². The molecule has 3 aromatic rings. The molecule has 0 fully saturated rings. The molecule has 186 valence electrons. The Bertz CT molecular complexity index is 1090. The second-order valence-corrected chi connectivity index (χ2v) is 9.13. The molecule has 8 heteroatoms. The molecule has 35 heavy (non-hydrogen) atoms. The van der Waals surface area contributed by atoms with E-state index in [-0.39, 0.29) is 24.5 Å². The minimum absolute atomic E-state index is 0. The van der Waals surface area contributed by atoms with Crippen molar-refractivity contribution in [1.29, 1.82) is 0 Å². The Morgan fingerprint density at radius 3 is 2.34 bits per heavy atom. The fourth-order valence-corrected chi connectivity index (χ4v) is 4.78. The molecule has 2 N–H and O–H groups in total. The molecule has 0 saturated heterocycles. The van der Waals surface area contributed by atoms with Crippen LogP contribution in [0.3, 0.4) is 0 Å². The number of fused-ring (bicyclic) bond motifs is 1. The Labute approximate surface area is 222 Å². The van der Waals surface area contributed by atoms with Gasteiger partial charge in [0.15, 0.2) is 5.75 Å². The molecular formula is C27H29Cl3N2O3. The monoisotopic (exact) mass is 534 g/mol. The highest BCUT2D eigenvalue weighted by molar-refractivity contribution is 6.37. The van der Waals surface area contributed by atoms with Gasteiger partial charge in [-0.3, -0.25) is 0 Å². The van der Waals surface area contributed by atoms with Crippen LogP contribution in [0.25, 0.3) is 0 Å². The molecule has 0 spiro atoms. The largest absolute Gasteiger partial charge is 0.490 e. The van der Waals surface area contributed by atoms with E-state index < -0.39 is 0 Å². The van der Waals surface area contributed by atoms with Crippen LogP contribution >= 0.6 is 35.6 Å². The van der Waals surface area contributed by atoms with Gasteiger partial charge in [0.05, 0.1) is 22.1 Å². The van der Waals surface area contributed by atoms with E-state index in [9.17, 15) is 4.79 Å². The smallest absolute Gasteiger partial charge is 0.156 e. The lowest BCUT2D eigenvalue weighted by Crippen LogP contribution is -2.50. The van der Waals surface area contributed by atoms with Crippen LogP contribution in [0.15, 0.2) is 66.7 Å². The molecular weight excluding hydrogens is 507 g/mol. The molecule has 1 aliphatic rings. The van der Waals surface area contributed by atoms with Gasteiger partial charge in [-0.25, -0.2) is 0 Å². The van der Waals surface area contributed by atoms with Crippen LogP contribution in [0.4, 0.5) is 5.69 Å². The second-order valence-electron chi connectivity index (χ2n) is 8.31. The third-order valence-electron chi connectivity index (χ3n) is 6.03. The number of hydrogen-bond donors (Lipinski definition) is 1. The lowest BCUT2D eigenvalue weighted by atomic mass is 9.94. The van der Waals surface area contributed by atoms with E-state index in [1.54, 1.807) is 18.2 Å². The lowest BCUT2D eigenvalue weighted by Gasteiger charge is -2.38. The second kappa shape index (κ2) is 13.0. The number of nitrogens with two attached hydrogens (primary N) is 1. The van der Waals surface area contributed by atoms with Gasteiger partial charge in [0.2, 0.25) is 0 Å². The van der Waals surface area contributed by atoms with E-state index in [4.69, 9.17) is 38.4 Å². The van der Waals surface area contributed by atoms with Gasteiger partial charge in [0.1, 0.15) is 25.2 Å². The lowest BCUT2D eigenvalue weighted by molar-refractivity contribution is -0.111. The molecule has 0 saturated carbocycles. The number of rotatable bonds is 10. The number of carbonyl (C=O) groups excluding carboxylic acids is 1. The summed E-state index contributed by atoms with van der Waals surface area (Å²) in [5.41, 5.74) is 10.0. The summed E-state index contributed by atoms with van der Waals surface area (Å²) in [4.78, 5) is 14.1. The molecule has 0 aromatic heterocycles. The Morgan fingerprint density at radius 1 is 0.943 bits per heavy atom. The van der Waals surface area contributed by atoms with Gasteiger partial charge in [-0.2, -0.15) is 0 Å². The van der Waals surface area contributed by atoms with E-state index in [0.717, 1.165) is 42.7 Å². The van der Waals surface area contributed by atoms with Crippen molar-refractivity contribution >= 4 is 47.6 Å². The predicted molar refractivity (Wildman–Crippen MR) is 144 cm³/mol. The molecule has 1 heterocycles. The molecule has 0 radical (unpaired) electrons. The predicted octanol–water partition coefficient (Wildman–Crippen LogP) is 5.97. The molecule has 2 unspecified atom stereocenters. The van der Waals surface area contributed by atoms with Crippen LogP contribution in [0.5, 0.6) is 11.5 Å².